The van der Waals surface area contributed by atoms with Gasteiger partial charge in [0, 0.05) is 17.7 Å². The first-order valence-corrected chi connectivity index (χ1v) is 10.2. The monoisotopic (exact) mass is 494 g/mol. The zero-order valence-corrected chi connectivity index (χ0v) is 18.0. The number of aliphatic hydroxyl groups is 4. The molecule has 0 aliphatic carbocycles. The van der Waals surface area contributed by atoms with Crippen LogP contribution in [-0.2, 0) is 4.74 Å². The second-order valence-corrected chi connectivity index (χ2v) is 7.79. The summed E-state index contributed by atoms with van der Waals surface area (Å²) in [4.78, 5) is 13.4. The highest BCUT2D eigenvalue weighted by Crippen LogP contribution is 2.43. The van der Waals surface area contributed by atoms with Gasteiger partial charge in [-0.2, -0.15) is 0 Å². The molecule has 0 amide bonds. The molecule has 0 saturated carbocycles. The predicted molar refractivity (Wildman–Crippen MR) is 116 cm³/mol. The van der Waals surface area contributed by atoms with E-state index in [1.54, 1.807) is 0 Å². The largest absolute Gasteiger partial charge is 0.508 e. The first kappa shape index (κ1) is 24.4. The van der Waals surface area contributed by atoms with Crippen molar-refractivity contribution in [2.75, 3.05) is 13.7 Å². The minimum atomic E-state index is -1.88. The van der Waals surface area contributed by atoms with E-state index in [1.807, 2.05) is 0 Å². The van der Waals surface area contributed by atoms with E-state index in [-0.39, 0.29) is 16.9 Å². The van der Waals surface area contributed by atoms with Gasteiger partial charge in [-0.05, 0) is 12.1 Å². The molecule has 13 heteroatoms. The van der Waals surface area contributed by atoms with Crippen LogP contribution in [0.15, 0.2) is 33.5 Å². The number of aromatic hydroxyl groups is 4. The molecule has 2 heterocycles. The first-order valence-electron chi connectivity index (χ1n) is 10.2. The zero-order valence-electron chi connectivity index (χ0n) is 18.0. The Balaban J connectivity index is 1.94. The number of rotatable bonds is 5. The molecule has 2 aromatic carbocycles. The standard InChI is InChI=1S/C22H22O13/c1-32-12-3-7(2-10(26)15(12)27)20-21(17(29)14-9(25)4-8(24)5-11(14)33-20)35-22-19(31)18(30)16(28)13(6-23)34-22/h2-5,13,16,18-19,22-28,30-31H,6H2,1H3/t13-,16-,18-,19-,22+/m1/s1. The summed E-state index contributed by atoms with van der Waals surface area (Å²) in [6, 6.07) is 4.10. The summed E-state index contributed by atoms with van der Waals surface area (Å²) in [6.07, 6.45) is -8.53. The maximum absolute atomic E-state index is 13.4. The third-order valence-corrected chi connectivity index (χ3v) is 5.54. The molecule has 0 spiro atoms. The maximum atomic E-state index is 13.4. The molecule has 0 unspecified atom stereocenters. The Hall–Kier alpha value is -3.75. The van der Waals surface area contributed by atoms with Gasteiger partial charge >= 0.3 is 0 Å². The van der Waals surface area contributed by atoms with Crippen molar-refractivity contribution in [3.8, 4) is 45.8 Å². The topological polar surface area (TPSA) is 220 Å². The van der Waals surface area contributed by atoms with E-state index in [0.717, 1.165) is 18.2 Å². The van der Waals surface area contributed by atoms with Crippen LogP contribution < -0.4 is 14.9 Å². The molecule has 3 aromatic rings. The molecule has 1 aliphatic heterocycles. The molecule has 0 radical (unpaired) electrons. The number of phenols is 4. The summed E-state index contributed by atoms with van der Waals surface area (Å²) < 4.78 is 21.6. The van der Waals surface area contributed by atoms with Crippen molar-refractivity contribution in [2.24, 2.45) is 0 Å². The fraction of sp³-hybridized carbons (Fsp3) is 0.318. The lowest BCUT2D eigenvalue weighted by Crippen LogP contribution is -2.60. The Kier molecular flexibility index (Phi) is 6.36. The quantitative estimate of drug-likeness (QED) is 0.209. The second kappa shape index (κ2) is 9.13. The average Bonchev–Trinajstić information content (AvgIpc) is 2.81. The number of fused-ring (bicyclic) bond motifs is 1. The van der Waals surface area contributed by atoms with Crippen molar-refractivity contribution >= 4 is 11.0 Å². The third-order valence-electron chi connectivity index (χ3n) is 5.54. The maximum Gasteiger partial charge on any atom is 0.239 e. The number of ether oxygens (including phenoxy) is 3. The number of hydrogen-bond acceptors (Lipinski definition) is 13. The molecule has 8 N–H and O–H groups in total. The first-order chi connectivity index (χ1) is 16.6. The minimum Gasteiger partial charge on any atom is -0.508 e. The molecule has 188 valence electrons. The normalized spacial score (nSPS) is 24.4. The number of phenolic OH excluding ortho intramolecular Hbond substituents is 4. The number of benzene rings is 2. The Bertz CT molecular complexity index is 1320. The van der Waals surface area contributed by atoms with Gasteiger partial charge < -0.3 is 59.5 Å². The van der Waals surface area contributed by atoms with Crippen molar-refractivity contribution in [1.82, 2.24) is 0 Å². The second-order valence-electron chi connectivity index (χ2n) is 7.79. The van der Waals surface area contributed by atoms with E-state index >= 15 is 0 Å². The zero-order chi connectivity index (χ0) is 25.6. The SMILES string of the molecule is COc1cc(-c2oc3cc(O)cc(O)c3c(=O)c2O[C@@H]2O[C@H](CO)[C@@H](O)[C@@H](O)[C@H]2O)cc(O)c1O. The van der Waals surface area contributed by atoms with Gasteiger partial charge in [0.05, 0.1) is 13.7 Å². The van der Waals surface area contributed by atoms with Crippen molar-refractivity contribution in [1.29, 1.82) is 0 Å². The van der Waals surface area contributed by atoms with E-state index in [2.05, 4.69) is 0 Å². The molecule has 1 saturated heterocycles. The molecule has 5 atom stereocenters. The summed E-state index contributed by atoms with van der Waals surface area (Å²) in [7, 11) is 1.20. The molecular weight excluding hydrogens is 472 g/mol. The Labute approximate surface area is 195 Å². The van der Waals surface area contributed by atoms with Crippen LogP contribution in [-0.4, -0.2) is 85.3 Å². The summed E-state index contributed by atoms with van der Waals surface area (Å²) in [5.74, 6) is -3.64. The van der Waals surface area contributed by atoms with Gasteiger partial charge in [-0.3, -0.25) is 4.79 Å². The highest BCUT2D eigenvalue weighted by Gasteiger charge is 2.45. The van der Waals surface area contributed by atoms with E-state index < -0.39 is 82.6 Å². The van der Waals surface area contributed by atoms with Gasteiger partial charge in [0.25, 0.3) is 0 Å². The smallest absolute Gasteiger partial charge is 0.239 e. The van der Waals surface area contributed by atoms with E-state index in [9.17, 15) is 45.6 Å². The number of methoxy groups -OCH3 is 1. The van der Waals surface area contributed by atoms with Gasteiger partial charge in [0.15, 0.2) is 17.3 Å². The molecule has 13 nitrogen and oxygen atoms in total. The van der Waals surface area contributed by atoms with Crippen molar-refractivity contribution in [3.05, 3.63) is 34.5 Å². The summed E-state index contributed by atoms with van der Waals surface area (Å²) in [6.45, 7) is -0.757. The van der Waals surface area contributed by atoms with Crippen LogP contribution in [0.1, 0.15) is 0 Å². The third kappa shape index (κ3) is 4.15. The van der Waals surface area contributed by atoms with Gasteiger partial charge in [-0.25, -0.2) is 0 Å². The summed E-state index contributed by atoms with van der Waals surface area (Å²) in [5.41, 5.74) is -1.35. The molecule has 1 aromatic heterocycles. The van der Waals surface area contributed by atoms with Crippen LogP contribution in [0.4, 0.5) is 0 Å². The fourth-order valence-electron chi connectivity index (χ4n) is 3.73. The predicted octanol–water partition coefficient (Wildman–Crippen LogP) is -0.530. The number of hydrogen-bond donors (Lipinski definition) is 8. The van der Waals surface area contributed by atoms with Gasteiger partial charge in [0.1, 0.15) is 46.9 Å². The van der Waals surface area contributed by atoms with E-state index in [1.165, 1.54) is 13.2 Å². The lowest BCUT2D eigenvalue weighted by atomic mass is 9.99. The van der Waals surface area contributed by atoms with Crippen molar-refractivity contribution < 1.29 is 59.5 Å². The highest BCUT2D eigenvalue weighted by molar-refractivity contribution is 5.88. The van der Waals surface area contributed by atoms with Crippen LogP contribution in [0.5, 0.6) is 34.5 Å². The molecule has 35 heavy (non-hydrogen) atoms. The Morgan fingerprint density at radius 3 is 2.31 bits per heavy atom. The molecule has 1 aliphatic rings. The number of aliphatic hydroxyl groups excluding tert-OH is 4. The Morgan fingerprint density at radius 2 is 1.66 bits per heavy atom. The average molecular weight is 494 g/mol. The van der Waals surface area contributed by atoms with Crippen LogP contribution in [0.3, 0.4) is 0 Å². The van der Waals surface area contributed by atoms with Crippen molar-refractivity contribution in [3.63, 3.8) is 0 Å². The fourth-order valence-corrected chi connectivity index (χ4v) is 3.73. The van der Waals surface area contributed by atoms with E-state index in [4.69, 9.17) is 18.6 Å². The van der Waals surface area contributed by atoms with Crippen molar-refractivity contribution in [2.45, 2.75) is 30.7 Å². The van der Waals surface area contributed by atoms with Crippen LogP contribution >= 0.6 is 0 Å². The molecular formula is C22H22O13. The van der Waals surface area contributed by atoms with Crippen LogP contribution in [0, 0.1) is 0 Å². The van der Waals surface area contributed by atoms with Gasteiger partial charge in [-0.1, -0.05) is 0 Å². The van der Waals surface area contributed by atoms with Crippen LogP contribution in [0.25, 0.3) is 22.3 Å². The van der Waals surface area contributed by atoms with Crippen LogP contribution in [0.2, 0.25) is 0 Å². The summed E-state index contributed by atoms with van der Waals surface area (Å²) in [5, 5.41) is 79.5. The minimum absolute atomic E-state index is 0.0708. The molecule has 0 bridgehead atoms. The molecule has 1 fully saturated rings. The molecule has 4 rings (SSSR count). The van der Waals surface area contributed by atoms with E-state index in [0.29, 0.717) is 0 Å². The lowest BCUT2D eigenvalue weighted by Gasteiger charge is -2.39. The summed E-state index contributed by atoms with van der Waals surface area (Å²) >= 11 is 0. The van der Waals surface area contributed by atoms with Gasteiger partial charge in [0.2, 0.25) is 23.2 Å². The Morgan fingerprint density at radius 1 is 0.943 bits per heavy atom. The van der Waals surface area contributed by atoms with Gasteiger partial charge in [-0.15, -0.1) is 0 Å². The highest BCUT2D eigenvalue weighted by atomic mass is 16.7. The lowest BCUT2D eigenvalue weighted by molar-refractivity contribution is -0.277.